The highest BCUT2D eigenvalue weighted by atomic mass is 32.2. The van der Waals surface area contributed by atoms with Crippen molar-refractivity contribution in [1.82, 2.24) is 4.83 Å². The SMILES string of the molecule is CC(=NNS(=O)(=O)c1ccc(N)cc1)c1ccc(N)cc1. The van der Waals surface area contributed by atoms with Crippen molar-refractivity contribution >= 4 is 27.1 Å². The molecule has 7 heteroatoms. The molecule has 0 aromatic heterocycles. The van der Waals surface area contributed by atoms with E-state index in [-0.39, 0.29) is 4.90 Å². The molecular formula is C14H16N4O2S. The zero-order valence-electron chi connectivity index (χ0n) is 11.4. The molecular weight excluding hydrogens is 288 g/mol. The van der Waals surface area contributed by atoms with Gasteiger partial charge in [-0.15, -0.1) is 0 Å². The van der Waals surface area contributed by atoms with E-state index in [9.17, 15) is 8.42 Å². The van der Waals surface area contributed by atoms with Crippen LogP contribution in [0.2, 0.25) is 0 Å². The van der Waals surface area contributed by atoms with Crippen LogP contribution in [-0.4, -0.2) is 14.1 Å². The number of hydrogen-bond donors (Lipinski definition) is 3. The van der Waals surface area contributed by atoms with Crippen molar-refractivity contribution in [2.45, 2.75) is 11.8 Å². The Hall–Kier alpha value is -2.54. The van der Waals surface area contributed by atoms with E-state index in [4.69, 9.17) is 11.5 Å². The Morgan fingerprint density at radius 1 is 0.952 bits per heavy atom. The summed E-state index contributed by atoms with van der Waals surface area (Å²) in [5, 5.41) is 3.90. The fraction of sp³-hybridized carbons (Fsp3) is 0.0714. The van der Waals surface area contributed by atoms with Crippen LogP contribution in [0, 0.1) is 0 Å². The lowest BCUT2D eigenvalue weighted by Crippen LogP contribution is -2.20. The Balaban J connectivity index is 2.18. The number of nitrogens with two attached hydrogens (primary N) is 2. The van der Waals surface area contributed by atoms with E-state index in [1.165, 1.54) is 24.3 Å². The molecule has 2 aromatic carbocycles. The third-order valence-electron chi connectivity index (χ3n) is 2.85. The van der Waals surface area contributed by atoms with Crippen LogP contribution in [0.1, 0.15) is 12.5 Å². The number of sulfonamides is 1. The molecule has 0 atom stereocenters. The summed E-state index contributed by atoms with van der Waals surface area (Å²) >= 11 is 0. The van der Waals surface area contributed by atoms with Gasteiger partial charge in [0.05, 0.1) is 10.6 Å². The summed E-state index contributed by atoms with van der Waals surface area (Å²) in [7, 11) is -3.71. The maximum atomic E-state index is 12.1. The number of anilines is 2. The maximum Gasteiger partial charge on any atom is 0.276 e. The highest BCUT2D eigenvalue weighted by Crippen LogP contribution is 2.12. The van der Waals surface area contributed by atoms with Crippen LogP contribution < -0.4 is 16.3 Å². The molecule has 0 saturated carbocycles. The van der Waals surface area contributed by atoms with Crippen molar-refractivity contribution in [3.05, 3.63) is 54.1 Å². The van der Waals surface area contributed by atoms with Crippen LogP contribution in [0.3, 0.4) is 0 Å². The molecule has 0 bridgehead atoms. The van der Waals surface area contributed by atoms with Gasteiger partial charge in [-0.3, -0.25) is 0 Å². The van der Waals surface area contributed by atoms with Gasteiger partial charge in [-0.2, -0.15) is 18.4 Å². The largest absolute Gasteiger partial charge is 0.399 e. The molecule has 6 nitrogen and oxygen atoms in total. The van der Waals surface area contributed by atoms with Crippen LogP contribution in [0.25, 0.3) is 0 Å². The monoisotopic (exact) mass is 304 g/mol. The molecule has 0 fully saturated rings. The quantitative estimate of drug-likeness (QED) is 0.452. The van der Waals surface area contributed by atoms with Gasteiger partial charge in [0.15, 0.2) is 0 Å². The number of benzene rings is 2. The summed E-state index contributed by atoms with van der Waals surface area (Å²) in [6.07, 6.45) is 0. The third-order valence-corrected chi connectivity index (χ3v) is 4.08. The summed E-state index contributed by atoms with van der Waals surface area (Å²) in [5.74, 6) is 0. The average Bonchev–Trinajstić information content (AvgIpc) is 2.46. The Morgan fingerprint density at radius 2 is 1.43 bits per heavy atom. The molecule has 5 N–H and O–H groups in total. The average molecular weight is 304 g/mol. The van der Waals surface area contributed by atoms with Gasteiger partial charge in [0.1, 0.15) is 0 Å². The minimum Gasteiger partial charge on any atom is -0.399 e. The summed E-state index contributed by atoms with van der Waals surface area (Å²) in [6, 6.07) is 12.9. The van der Waals surface area contributed by atoms with Crippen molar-refractivity contribution in [3.8, 4) is 0 Å². The van der Waals surface area contributed by atoms with E-state index in [0.29, 0.717) is 17.1 Å². The first-order valence-corrected chi connectivity index (χ1v) is 7.64. The number of nitrogens with one attached hydrogen (secondary N) is 1. The number of hydrazone groups is 1. The first-order chi connectivity index (χ1) is 9.88. The summed E-state index contributed by atoms with van der Waals surface area (Å²) in [5.41, 5.74) is 13.6. The van der Waals surface area contributed by atoms with E-state index in [2.05, 4.69) is 9.93 Å². The van der Waals surface area contributed by atoms with Crippen molar-refractivity contribution in [3.63, 3.8) is 0 Å². The van der Waals surface area contributed by atoms with E-state index in [1.807, 2.05) is 0 Å². The van der Waals surface area contributed by atoms with Gasteiger partial charge in [0.25, 0.3) is 10.0 Å². The molecule has 0 aliphatic carbocycles. The van der Waals surface area contributed by atoms with E-state index < -0.39 is 10.0 Å². The van der Waals surface area contributed by atoms with Crippen molar-refractivity contribution in [2.75, 3.05) is 11.5 Å². The zero-order valence-corrected chi connectivity index (χ0v) is 12.3. The molecule has 0 saturated heterocycles. The Morgan fingerprint density at radius 3 is 1.95 bits per heavy atom. The summed E-state index contributed by atoms with van der Waals surface area (Å²) < 4.78 is 24.1. The summed E-state index contributed by atoms with van der Waals surface area (Å²) in [4.78, 5) is 2.30. The molecule has 2 aromatic rings. The minimum atomic E-state index is -3.71. The molecule has 0 amide bonds. The van der Waals surface area contributed by atoms with Crippen molar-refractivity contribution in [2.24, 2.45) is 5.10 Å². The smallest absolute Gasteiger partial charge is 0.276 e. The van der Waals surface area contributed by atoms with E-state index in [1.54, 1.807) is 31.2 Å². The van der Waals surface area contributed by atoms with Crippen LogP contribution in [-0.2, 0) is 10.0 Å². The molecule has 110 valence electrons. The molecule has 0 spiro atoms. The molecule has 0 aliphatic heterocycles. The fourth-order valence-electron chi connectivity index (χ4n) is 1.62. The van der Waals surface area contributed by atoms with Gasteiger partial charge >= 0.3 is 0 Å². The minimum absolute atomic E-state index is 0.102. The summed E-state index contributed by atoms with van der Waals surface area (Å²) in [6.45, 7) is 1.71. The standard InChI is InChI=1S/C14H16N4O2S/c1-10(11-2-4-12(15)5-3-11)17-18-21(19,20)14-8-6-13(16)7-9-14/h2-9,18H,15-16H2,1H3. The van der Waals surface area contributed by atoms with Gasteiger partial charge in [-0.1, -0.05) is 12.1 Å². The lowest BCUT2D eigenvalue weighted by atomic mass is 10.1. The maximum absolute atomic E-state index is 12.1. The Labute approximate surface area is 123 Å². The van der Waals surface area contributed by atoms with Gasteiger partial charge in [-0.05, 0) is 48.9 Å². The number of nitrogens with zero attached hydrogens (tertiary/aromatic N) is 1. The highest BCUT2D eigenvalue weighted by molar-refractivity contribution is 7.89. The van der Waals surface area contributed by atoms with Crippen LogP contribution in [0.5, 0.6) is 0 Å². The normalized spacial score (nSPS) is 12.1. The first-order valence-electron chi connectivity index (χ1n) is 6.16. The van der Waals surface area contributed by atoms with Crippen LogP contribution in [0.15, 0.2) is 58.5 Å². The van der Waals surface area contributed by atoms with Crippen LogP contribution >= 0.6 is 0 Å². The van der Waals surface area contributed by atoms with E-state index >= 15 is 0 Å². The van der Waals surface area contributed by atoms with Gasteiger partial charge in [0, 0.05) is 11.4 Å². The van der Waals surface area contributed by atoms with Crippen molar-refractivity contribution in [1.29, 1.82) is 0 Å². The molecule has 0 unspecified atom stereocenters. The number of rotatable bonds is 4. The second kappa shape index (κ2) is 5.84. The zero-order chi connectivity index (χ0) is 15.5. The molecule has 2 rings (SSSR count). The molecule has 21 heavy (non-hydrogen) atoms. The second-order valence-electron chi connectivity index (χ2n) is 4.48. The predicted octanol–water partition coefficient (Wildman–Crippen LogP) is 1.55. The lowest BCUT2D eigenvalue weighted by molar-refractivity contribution is 0.584. The lowest BCUT2D eigenvalue weighted by Gasteiger charge is -2.06. The second-order valence-corrected chi connectivity index (χ2v) is 6.14. The topological polar surface area (TPSA) is 111 Å². The Bertz CT molecular complexity index is 751. The highest BCUT2D eigenvalue weighted by Gasteiger charge is 2.12. The van der Waals surface area contributed by atoms with Crippen molar-refractivity contribution < 1.29 is 8.42 Å². The van der Waals surface area contributed by atoms with Gasteiger partial charge < -0.3 is 11.5 Å². The number of nitrogen functional groups attached to an aromatic ring is 2. The van der Waals surface area contributed by atoms with Gasteiger partial charge in [-0.25, -0.2) is 0 Å². The Kier molecular flexibility index (Phi) is 4.13. The molecule has 0 aliphatic rings. The first kappa shape index (κ1) is 14.9. The fourth-order valence-corrected chi connectivity index (χ4v) is 2.47. The van der Waals surface area contributed by atoms with E-state index in [0.717, 1.165) is 5.56 Å². The molecule has 0 radical (unpaired) electrons. The number of hydrogen-bond acceptors (Lipinski definition) is 5. The predicted molar refractivity (Wildman–Crippen MR) is 84.2 cm³/mol. The molecule has 0 heterocycles. The van der Waals surface area contributed by atoms with Gasteiger partial charge in [0.2, 0.25) is 0 Å². The van der Waals surface area contributed by atoms with Crippen LogP contribution in [0.4, 0.5) is 11.4 Å². The third kappa shape index (κ3) is 3.73.